The number of ether oxygens (including phenoxy) is 1. The molecule has 3 rings (SSSR count). The summed E-state index contributed by atoms with van der Waals surface area (Å²) in [5.74, 6) is -0.559. The van der Waals surface area contributed by atoms with Crippen LogP contribution in [0.1, 0.15) is 32.5 Å². The molecular formula is C16H13BrN2O3S2. The van der Waals surface area contributed by atoms with Crippen LogP contribution in [0.25, 0.3) is 9.53 Å². The molecule has 0 radical (unpaired) electrons. The van der Waals surface area contributed by atoms with Crippen LogP contribution in [0, 0.1) is 6.92 Å². The van der Waals surface area contributed by atoms with Gasteiger partial charge in [0.25, 0.3) is 5.91 Å². The molecule has 3 aromatic rings. The van der Waals surface area contributed by atoms with Gasteiger partial charge in [-0.1, -0.05) is 23.5 Å². The summed E-state index contributed by atoms with van der Waals surface area (Å²) >= 11 is 6.00. The summed E-state index contributed by atoms with van der Waals surface area (Å²) in [6.45, 7) is 3.98. The zero-order valence-corrected chi connectivity index (χ0v) is 16.1. The number of carbonyl (C=O) groups excluding carboxylic acids is 2. The number of amides is 1. The third-order valence-electron chi connectivity index (χ3n) is 3.28. The van der Waals surface area contributed by atoms with Gasteiger partial charge in [-0.3, -0.25) is 10.1 Å². The van der Waals surface area contributed by atoms with Gasteiger partial charge < -0.3 is 4.74 Å². The molecule has 0 fully saturated rings. The van der Waals surface area contributed by atoms with E-state index in [1.165, 1.54) is 22.7 Å². The Bertz CT molecular complexity index is 933. The van der Waals surface area contributed by atoms with Crippen LogP contribution in [0.2, 0.25) is 0 Å². The monoisotopic (exact) mass is 424 g/mol. The average Bonchev–Trinajstić information content (AvgIpc) is 3.07. The van der Waals surface area contributed by atoms with Crippen LogP contribution in [-0.2, 0) is 4.74 Å². The minimum absolute atomic E-state index is 0.229. The van der Waals surface area contributed by atoms with Gasteiger partial charge in [-0.25, -0.2) is 9.78 Å². The molecule has 0 aliphatic heterocycles. The lowest BCUT2D eigenvalue weighted by Crippen LogP contribution is -2.12. The van der Waals surface area contributed by atoms with E-state index in [0.29, 0.717) is 22.2 Å². The van der Waals surface area contributed by atoms with Crippen molar-refractivity contribution in [3.63, 3.8) is 0 Å². The Labute approximate surface area is 154 Å². The SMILES string of the molecule is CCOC(=O)c1sc2nc(NC(=O)c3ccccc3Br)sc2c1C. The number of aromatic nitrogens is 1. The highest BCUT2D eigenvalue weighted by Gasteiger charge is 2.20. The van der Waals surface area contributed by atoms with Gasteiger partial charge in [0.1, 0.15) is 9.71 Å². The lowest BCUT2D eigenvalue weighted by atomic mass is 10.2. The minimum atomic E-state index is -0.330. The molecule has 124 valence electrons. The van der Waals surface area contributed by atoms with Crippen molar-refractivity contribution in [3.05, 3.63) is 44.7 Å². The van der Waals surface area contributed by atoms with Gasteiger partial charge in [0.15, 0.2) is 5.13 Å². The van der Waals surface area contributed by atoms with E-state index >= 15 is 0 Å². The van der Waals surface area contributed by atoms with Crippen molar-refractivity contribution < 1.29 is 14.3 Å². The number of halogens is 1. The number of rotatable bonds is 4. The van der Waals surface area contributed by atoms with Gasteiger partial charge in [0.05, 0.1) is 16.9 Å². The number of aryl methyl sites for hydroxylation is 1. The number of thiazole rings is 1. The Morgan fingerprint density at radius 1 is 1.29 bits per heavy atom. The van der Waals surface area contributed by atoms with Crippen LogP contribution in [0.5, 0.6) is 0 Å². The van der Waals surface area contributed by atoms with Crippen LogP contribution < -0.4 is 5.32 Å². The van der Waals surface area contributed by atoms with Crippen molar-refractivity contribution in [2.75, 3.05) is 11.9 Å². The maximum atomic E-state index is 12.3. The summed E-state index contributed by atoms with van der Waals surface area (Å²) < 4.78 is 6.66. The standard InChI is InChI=1S/C16H13BrN2O3S2/c1-3-22-15(21)12-8(2)11-14(23-12)19-16(24-11)18-13(20)9-6-4-5-7-10(9)17/h4-7H,3H2,1-2H3,(H,18,19,20). The van der Waals surface area contributed by atoms with E-state index in [4.69, 9.17) is 4.74 Å². The molecule has 0 unspecified atom stereocenters. The fraction of sp³-hybridized carbons (Fsp3) is 0.188. The highest BCUT2D eigenvalue weighted by atomic mass is 79.9. The molecule has 1 aromatic carbocycles. The van der Waals surface area contributed by atoms with Gasteiger partial charge in [-0.2, -0.15) is 0 Å². The van der Waals surface area contributed by atoms with Gasteiger partial charge in [-0.05, 0) is 47.5 Å². The predicted molar refractivity (Wildman–Crippen MR) is 100 cm³/mol. The van der Waals surface area contributed by atoms with E-state index in [1.54, 1.807) is 19.1 Å². The minimum Gasteiger partial charge on any atom is -0.462 e. The van der Waals surface area contributed by atoms with Gasteiger partial charge in [0, 0.05) is 4.47 Å². The van der Waals surface area contributed by atoms with Crippen LogP contribution in [0.15, 0.2) is 28.7 Å². The number of hydrogen-bond donors (Lipinski definition) is 1. The largest absolute Gasteiger partial charge is 0.462 e. The third-order valence-corrected chi connectivity index (χ3v) is 6.35. The summed E-state index contributed by atoms with van der Waals surface area (Å²) in [5, 5.41) is 3.31. The number of carbonyl (C=O) groups is 2. The molecule has 8 heteroatoms. The van der Waals surface area contributed by atoms with Gasteiger partial charge >= 0.3 is 5.97 Å². The van der Waals surface area contributed by atoms with E-state index in [1.807, 2.05) is 19.1 Å². The highest BCUT2D eigenvalue weighted by molar-refractivity contribution is 9.10. The van der Waals surface area contributed by atoms with Crippen molar-refractivity contribution in [2.24, 2.45) is 0 Å². The van der Waals surface area contributed by atoms with E-state index in [0.717, 1.165) is 19.6 Å². The molecular weight excluding hydrogens is 412 g/mol. The lowest BCUT2D eigenvalue weighted by Gasteiger charge is -2.03. The molecule has 0 spiro atoms. The van der Waals surface area contributed by atoms with E-state index in [-0.39, 0.29) is 11.9 Å². The van der Waals surface area contributed by atoms with Crippen molar-refractivity contribution in [2.45, 2.75) is 13.8 Å². The molecule has 24 heavy (non-hydrogen) atoms. The molecule has 1 amide bonds. The molecule has 0 atom stereocenters. The summed E-state index contributed by atoms with van der Waals surface area (Å²) in [4.78, 5) is 29.9. The molecule has 5 nitrogen and oxygen atoms in total. The first-order valence-corrected chi connectivity index (χ1v) is 9.56. The molecule has 0 saturated carbocycles. The second-order valence-electron chi connectivity index (χ2n) is 4.86. The summed E-state index contributed by atoms with van der Waals surface area (Å²) in [6.07, 6.45) is 0. The van der Waals surface area contributed by atoms with Crippen molar-refractivity contribution >= 4 is 65.1 Å². The lowest BCUT2D eigenvalue weighted by molar-refractivity contribution is 0.0531. The predicted octanol–water partition coefficient (Wildman–Crippen LogP) is 4.86. The first-order chi connectivity index (χ1) is 11.5. The number of nitrogens with one attached hydrogen (secondary N) is 1. The topological polar surface area (TPSA) is 68.3 Å². The zero-order valence-electron chi connectivity index (χ0n) is 12.9. The zero-order chi connectivity index (χ0) is 17.3. The van der Waals surface area contributed by atoms with Crippen molar-refractivity contribution in [3.8, 4) is 0 Å². The maximum absolute atomic E-state index is 12.3. The average molecular weight is 425 g/mol. The summed E-state index contributed by atoms with van der Waals surface area (Å²) in [5.41, 5.74) is 1.38. The normalized spacial score (nSPS) is 10.8. The third kappa shape index (κ3) is 3.22. The number of benzene rings is 1. The number of nitrogens with zero attached hydrogens (tertiary/aromatic N) is 1. The first-order valence-electron chi connectivity index (χ1n) is 7.14. The van der Waals surface area contributed by atoms with Crippen LogP contribution in [-0.4, -0.2) is 23.5 Å². The quantitative estimate of drug-likeness (QED) is 0.607. The Morgan fingerprint density at radius 2 is 2.04 bits per heavy atom. The molecule has 2 aromatic heterocycles. The number of fused-ring (bicyclic) bond motifs is 1. The molecule has 0 aliphatic rings. The summed E-state index contributed by atoms with van der Waals surface area (Å²) in [7, 11) is 0. The second-order valence-corrected chi connectivity index (χ2v) is 7.72. The molecule has 0 aliphatic carbocycles. The Morgan fingerprint density at radius 3 is 2.71 bits per heavy atom. The van der Waals surface area contributed by atoms with E-state index in [9.17, 15) is 9.59 Å². The van der Waals surface area contributed by atoms with E-state index < -0.39 is 0 Å². The van der Waals surface area contributed by atoms with E-state index in [2.05, 4.69) is 26.2 Å². The van der Waals surface area contributed by atoms with Crippen molar-refractivity contribution in [1.29, 1.82) is 0 Å². The van der Waals surface area contributed by atoms with Crippen LogP contribution in [0.3, 0.4) is 0 Å². The Kier molecular flexibility index (Phi) is 4.98. The van der Waals surface area contributed by atoms with Gasteiger partial charge in [0.2, 0.25) is 0 Å². The van der Waals surface area contributed by atoms with Crippen LogP contribution in [0.4, 0.5) is 5.13 Å². The number of anilines is 1. The Hall–Kier alpha value is -1.77. The van der Waals surface area contributed by atoms with Crippen LogP contribution >= 0.6 is 38.6 Å². The number of hydrogen-bond acceptors (Lipinski definition) is 6. The van der Waals surface area contributed by atoms with Crippen molar-refractivity contribution in [1.82, 2.24) is 4.98 Å². The fourth-order valence-corrected chi connectivity index (χ4v) is 4.82. The molecule has 1 N–H and O–H groups in total. The smallest absolute Gasteiger partial charge is 0.348 e. The highest BCUT2D eigenvalue weighted by Crippen LogP contribution is 2.37. The first kappa shape index (κ1) is 17.1. The molecule has 0 saturated heterocycles. The molecule has 2 heterocycles. The number of thiophene rings is 1. The fourth-order valence-electron chi connectivity index (χ4n) is 2.14. The van der Waals surface area contributed by atoms with Gasteiger partial charge in [-0.15, -0.1) is 11.3 Å². The molecule has 0 bridgehead atoms. The number of esters is 1. The second kappa shape index (κ2) is 7.00. The Balaban J connectivity index is 1.86. The summed E-state index contributed by atoms with van der Waals surface area (Å²) in [6, 6.07) is 7.20. The maximum Gasteiger partial charge on any atom is 0.348 e.